The third-order valence-electron chi connectivity index (χ3n) is 5.58. The molecule has 0 N–H and O–H groups in total. The van der Waals surface area contributed by atoms with Gasteiger partial charge in [-0.05, 0) is 60.8 Å². The lowest BCUT2D eigenvalue weighted by molar-refractivity contribution is 0.377. The monoisotopic (exact) mass is 382 g/mol. The molecule has 0 aromatic heterocycles. The summed E-state index contributed by atoms with van der Waals surface area (Å²) in [5.74, 6) is 3.47. The fourth-order valence-corrected chi connectivity index (χ4v) is 3.77. The minimum Gasteiger partial charge on any atom is -0.496 e. The van der Waals surface area contributed by atoms with Crippen LogP contribution in [0.2, 0.25) is 0 Å². The van der Waals surface area contributed by atoms with Crippen molar-refractivity contribution in [1.29, 1.82) is 0 Å². The number of rotatable bonds is 12. The minimum absolute atomic E-state index is 0.728. The fourth-order valence-electron chi connectivity index (χ4n) is 3.77. The van der Waals surface area contributed by atoms with Crippen LogP contribution < -0.4 is 9.47 Å². The summed E-state index contributed by atoms with van der Waals surface area (Å²) in [7, 11) is 3.54. The van der Waals surface area contributed by atoms with Crippen molar-refractivity contribution in [2.45, 2.75) is 65.7 Å². The Kier molecular flexibility index (Phi) is 9.40. The maximum atomic E-state index is 5.75. The minimum atomic E-state index is 0.728. The molecule has 1 unspecified atom stereocenters. The molecule has 0 amide bonds. The van der Waals surface area contributed by atoms with Gasteiger partial charge >= 0.3 is 0 Å². The number of aryl methyl sites for hydroxylation is 2. The van der Waals surface area contributed by atoms with E-state index in [1.165, 1.54) is 42.4 Å². The Labute approximate surface area is 172 Å². The smallest absolute Gasteiger partial charge is 0.126 e. The van der Waals surface area contributed by atoms with E-state index in [1.807, 2.05) is 0 Å². The molecule has 0 saturated carbocycles. The molecule has 154 valence electrons. The molecule has 0 heterocycles. The molecule has 0 aliphatic heterocycles. The van der Waals surface area contributed by atoms with Gasteiger partial charge in [0.05, 0.1) is 14.2 Å². The van der Waals surface area contributed by atoms with E-state index in [4.69, 9.17) is 9.47 Å². The number of hydrogen-bond acceptors (Lipinski definition) is 2. The molecular formula is C26H38O2. The number of ether oxygens (including phenoxy) is 2. The Morgan fingerprint density at radius 1 is 0.714 bits per heavy atom. The zero-order valence-corrected chi connectivity index (χ0v) is 18.5. The van der Waals surface area contributed by atoms with Crippen LogP contribution in [0.4, 0.5) is 0 Å². The summed E-state index contributed by atoms with van der Waals surface area (Å²) < 4.78 is 11.5. The van der Waals surface area contributed by atoms with E-state index in [1.54, 1.807) is 14.2 Å². The first-order valence-electron chi connectivity index (χ1n) is 10.8. The SMILES string of the molecule is COc1cc(CCc2ccccc2)cc(OC)c1CCC(C)CCCC(C)C. The lowest BCUT2D eigenvalue weighted by Crippen LogP contribution is -2.04. The summed E-state index contributed by atoms with van der Waals surface area (Å²) in [5.41, 5.74) is 3.84. The summed E-state index contributed by atoms with van der Waals surface area (Å²) in [5, 5.41) is 0. The van der Waals surface area contributed by atoms with Crippen molar-refractivity contribution in [3.8, 4) is 11.5 Å². The molecule has 2 nitrogen and oxygen atoms in total. The molecule has 0 radical (unpaired) electrons. The van der Waals surface area contributed by atoms with Crippen LogP contribution in [0, 0.1) is 11.8 Å². The highest BCUT2D eigenvalue weighted by molar-refractivity contribution is 5.48. The second kappa shape index (κ2) is 11.8. The zero-order chi connectivity index (χ0) is 20.4. The molecule has 0 spiro atoms. The normalized spacial score (nSPS) is 12.2. The van der Waals surface area contributed by atoms with E-state index in [-0.39, 0.29) is 0 Å². The fraction of sp³-hybridized carbons (Fsp3) is 0.538. The molecule has 28 heavy (non-hydrogen) atoms. The lowest BCUT2D eigenvalue weighted by Gasteiger charge is -2.18. The van der Waals surface area contributed by atoms with Gasteiger partial charge in [0, 0.05) is 5.56 Å². The average molecular weight is 383 g/mol. The van der Waals surface area contributed by atoms with Gasteiger partial charge in [-0.2, -0.15) is 0 Å². The average Bonchev–Trinajstić information content (AvgIpc) is 2.70. The summed E-state index contributed by atoms with van der Waals surface area (Å²) >= 11 is 0. The second-order valence-corrected chi connectivity index (χ2v) is 8.43. The topological polar surface area (TPSA) is 18.5 Å². The van der Waals surface area contributed by atoms with Crippen LogP contribution in [-0.2, 0) is 19.3 Å². The molecule has 2 heteroatoms. The van der Waals surface area contributed by atoms with E-state index in [0.717, 1.165) is 42.6 Å². The lowest BCUT2D eigenvalue weighted by atomic mass is 9.93. The van der Waals surface area contributed by atoms with Gasteiger partial charge in [-0.15, -0.1) is 0 Å². The molecular weight excluding hydrogens is 344 g/mol. The van der Waals surface area contributed by atoms with Crippen LogP contribution in [0.25, 0.3) is 0 Å². The Morgan fingerprint density at radius 3 is 1.89 bits per heavy atom. The van der Waals surface area contributed by atoms with Gasteiger partial charge in [-0.25, -0.2) is 0 Å². The quantitative estimate of drug-likeness (QED) is 0.398. The molecule has 0 aliphatic carbocycles. The predicted molar refractivity (Wildman–Crippen MR) is 120 cm³/mol. The van der Waals surface area contributed by atoms with Crippen molar-refractivity contribution in [2.75, 3.05) is 14.2 Å². The molecule has 1 atom stereocenters. The van der Waals surface area contributed by atoms with Crippen molar-refractivity contribution >= 4 is 0 Å². The van der Waals surface area contributed by atoms with E-state index in [2.05, 4.69) is 63.2 Å². The van der Waals surface area contributed by atoms with Gasteiger partial charge in [0.25, 0.3) is 0 Å². The van der Waals surface area contributed by atoms with Gasteiger partial charge in [-0.3, -0.25) is 0 Å². The summed E-state index contributed by atoms with van der Waals surface area (Å²) in [4.78, 5) is 0. The number of hydrogen-bond donors (Lipinski definition) is 0. The highest BCUT2D eigenvalue weighted by Gasteiger charge is 2.14. The molecule has 0 saturated heterocycles. The Morgan fingerprint density at radius 2 is 1.32 bits per heavy atom. The maximum absolute atomic E-state index is 5.75. The largest absolute Gasteiger partial charge is 0.496 e. The first-order chi connectivity index (χ1) is 13.5. The van der Waals surface area contributed by atoms with E-state index in [9.17, 15) is 0 Å². The van der Waals surface area contributed by atoms with Crippen LogP contribution in [0.5, 0.6) is 11.5 Å². The third-order valence-corrected chi connectivity index (χ3v) is 5.58. The van der Waals surface area contributed by atoms with Crippen molar-refractivity contribution in [1.82, 2.24) is 0 Å². The molecule has 0 bridgehead atoms. The highest BCUT2D eigenvalue weighted by atomic mass is 16.5. The highest BCUT2D eigenvalue weighted by Crippen LogP contribution is 2.33. The number of benzene rings is 2. The van der Waals surface area contributed by atoms with Crippen LogP contribution >= 0.6 is 0 Å². The van der Waals surface area contributed by atoms with Crippen molar-refractivity contribution in [3.05, 3.63) is 59.2 Å². The molecule has 2 rings (SSSR count). The van der Waals surface area contributed by atoms with Gasteiger partial charge in [0.15, 0.2) is 0 Å². The van der Waals surface area contributed by atoms with E-state index >= 15 is 0 Å². The van der Waals surface area contributed by atoms with Crippen LogP contribution in [0.1, 0.15) is 63.1 Å². The van der Waals surface area contributed by atoms with E-state index < -0.39 is 0 Å². The van der Waals surface area contributed by atoms with Crippen molar-refractivity contribution in [3.63, 3.8) is 0 Å². The second-order valence-electron chi connectivity index (χ2n) is 8.43. The predicted octanol–water partition coefficient (Wildman–Crippen LogP) is 6.88. The third kappa shape index (κ3) is 7.22. The summed E-state index contributed by atoms with van der Waals surface area (Å²) in [6.07, 6.45) is 8.15. The summed E-state index contributed by atoms with van der Waals surface area (Å²) in [6, 6.07) is 15.0. The van der Waals surface area contributed by atoms with E-state index in [0.29, 0.717) is 0 Å². The molecule has 0 aliphatic rings. The Hall–Kier alpha value is -1.96. The Balaban J connectivity index is 2.01. The summed E-state index contributed by atoms with van der Waals surface area (Å²) in [6.45, 7) is 6.98. The van der Waals surface area contributed by atoms with Crippen molar-refractivity contribution in [2.24, 2.45) is 11.8 Å². The van der Waals surface area contributed by atoms with Crippen LogP contribution in [-0.4, -0.2) is 14.2 Å². The van der Waals surface area contributed by atoms with Crippen LogP contribution in [0.15, 0.2) is 42.5 Å². The number of methoxy groups -OCH3 is 2. The van der Waals surface area contributed by atoms with Gasteiger partial charge < -0.3 is 9.47 Å². The molecule has 2 aromatic carbocycles. The van der Waals surface area contributed by atoms with Crippen molar-refractivity contribution < 1.29 is 9.47 Å². The van der Waals surface area contributed by atoms with Gasteiger partial charge in [-0.1, -0.05) is 70.4 Å². The standard InChI is InChI=1S/C26H38O2/c1-20(2)10-9-11-21(3)14-17-24-25(27-4)18-23(19-26(24)28-5)16-15-22-12-7-6-8-13-22/h6-8,12-13,18-21H,9-11,14-17H2,1-5H3. The Bertz CT molecular complexity index is 666. The molecule has 0 fully saturated rings. The first kappa shape index (κ1) is 22.3. The zero-order valence-electron chi connectivity index (χ0n) is 18.5. The van der Waals surface area contributed by atoms with Gasteiger partial charge in [0.2, 0.25) is 0 Å². The first-order valence-corrected chi connectivity index (χ1v) is 10.8. The van der Waals surface area contributed by atoms with Crippen LogP contribution in [0.3, 0.4) is 0 Å². The van der Waals surface area contributed by atoms with Gasteiger partial charge in [0.1, 0.15) is 11.5 Å². The molecule has 2 aromatic rings. The maximum Gasteiger partial charge on any atom is 0.126 e.